The van der Waals surface area contributed by atoms with Crippen molar-refractivity contribution in [2.75, 3.05) is 49.1 Å². The number of benzene rings is 2. The minimum Gasteiger partial charge on any atom is -0.354 e. The molecule has 7 heterocycles. The Morgan fingerprint density at radius 3 is 2.61 bits per heavy atom. The molecule has 6 aromatic rings. The van der Waals surface area contributed by atoms with Crippen molar-refractivity contribution in [3.05, 3.63) is 102 Å². The van der Waals surface area contributed by atoms with Gasteiger partial charge < -0.3 is 9.80 Å². The van der Waals surface area contributed by atoms with Gasteiger partial charge in [0.15, 0.2) is 5.65 Å². The summed E-state index contributed by atoms with van der Waals surface area (Å²) >= 11 is 0. The number of hydrogen-bond acceptors (Lipinski definition) is 9. The highest BCUT2D eigenvalue weighted by atomic mass is 19.1. The Morgan fingerprint density at radius 2 is 1.76 bits per heavy atom. The van der Waals surface area contributed by atoms with E-state index in [-0.39, 0.29) is 23.7 Å². The fourth-order valence-corrected chi connectivity index (χ4v) is 8.44. The minimum absolute atomic E-state index is 0.0795. The Bertz CT molecular complexity index is 2360. The van der Waals surface area contributed by atoms with Crippen LogP contribution < -0.4 is 15.1 Å². The van der Waals surface area contributed by atoms with Gasteiger partial charge in [-0.05, 0) is 92.2 Å². The molecule has 3 saturated heterocycles. The number of halogens is 1. The lowest BCUT2D eigenvalue weighted by Crippen LogP contribution is -2.47. The van der Waals surface area contributed by atoms with E-state index < -0.39 is 5.92 Å². The van der Waals surface area contributed by atoms with Crippen LogP contribution in [0.2, 0.25) is 0 Å². The number of nitrogens with zero attached hydrogens (tertiary/aromatic N) is 9. The maximum atomic E-state index is 14.1. The van der Waals surface area contributed by atoms with Gasteiger partial charge in [-0.3, -0.25) is 24.5 Å². The summed E-state index contributed by atoms with van der Waals surface area (Å²) in [4.78, 5) is 41.0. The van der Waals surface area contributed by atoms with Gasteiger partial charge in [0.05, 0.1) is 35.1 Å². The first kappa shape index (κ1) is 34.1. The largest absolute Gasteiger partial charge is 0.354 e. The Balaban J connectivity index is 0.824. The lowest BCUT2D eigenvalue weighted by atomic mass is 9.92. The zero-order chi connectivity index (χ0) is 36.8. The first-order valence-electron chi connectivity index (χ1n) is 19.0. The molecule has 3 aliphatic heterocycles. The van der Waals surface area contributed by atoms with Crippen molar-refractivity contribution in [3.8, 4) is 11.4 Å². The molecule has 2 atom stereocenters. The summed E-state index contributed by atoms with van der Waals surface area (Å²) in [6.45, 7) is 5.59. The number of amides is 2. The number of pyridine rings is 1. The van der Waals surface area contributed by atoms with Crippen molar-refractivity contribution >= 4 is 40.0 Å². The van der Waals surface area contributed by atoms with Gasteiger partial charge in [-0.25, -0.2) is 18.9 Å². The molecular formula is C41H43FN10O2. The Labute approximate surface area is 312 Å². The second kappa shape index (κ2) is 14.3. The Hall–Kier alpha value is -5.69. The molecule has 1 N–H and O–H groups in total. The molecule has 0 spiro atoms. The normalized spacial score (nSPS) is 19.7. The number of carbonyl (C=O) groups excluding carboxylic acids is 2. The lowest BCUT2D eigenvalue weighted by molar-refractivity contribution is -0.134. The van der Waals surface area contributed by atoms with Gasteiger partial charge in [0, 0.05) is 51.6 Å². The SMILES string of the molecule is Cn1nc(C2CCC(=O)NC2=O)c2ccc(CCCN3CCN(c4cccc(-c5cnc6ccc(N7CCC[C@@H]7c7cccc(F)c7)nn56)n4)CC3)cc21. The van der Waals surface area contributed by atoms with Crippen LogP contribution >= 0.6 is 0 Å². The van der Waals surface area contributed by atoms with Crippen molar-refractivity contribution in [3.63, 3.8) is 0 Å². The number of nitrogens with one attached hydrogen (secondary N) is 1. The van der Waals surface area contributed by atoms with E-state index in [0.717, 1.165) is 116 Å². The number of imidazole rings is 1. The number of anilines is 2. The molecule has 3 aliphatic rings. The number of fused-ring (bicyclic) bond motifs is 2. The van der Waals surface area contributed by atoms with Crippen LogP contribution in [0.25, 0.3) is 27.9 Å². The number of hydrogen-bond donors (Lipinski definition) is 1. The molecule has 0 radical (unpaired) electrons. The van der Waals surface area contributed by atoms with Crippen molar-refractivity contribution in [2.24, 2.45) is 7.05 Å². The second-order valence-corrected chi connectivity index (χ2v) is 14.7. The van der Waals surface area contributed by atoms with Gasteiger partial charge in [-0.1, -0.05) is 30.3 Å². The third-order valence-electron chi connectivity index (χ3n) is 11.3. The van der Waals surface area contributed by atoms with Gasteiger partial charge in [0.1, 0.15) is 23.1 Å². The van der Waals surface area contributed by atoms with Crippen LogP contribution in [0.3, 0.4) is 0 Å². The van der Waals surface area contributed by atoms with E-state index in [1.54, 1.807) is 12.1 Å². The van der Waals surface area contributed by atoms with E-state index in [1.807, 2.05) is 46.7 Å². The molecule has 1 unspecified atom stereocenters. The van der Waals surface area contributed by atoms with Crippen LogP contribution in [-0.2, 0) is 23.1 Å². The van der Waals surface area contributed by atoms with E-state index in [1.165, 1.54) is 11.6 Å². The Morgan fingerprint density at radius 1 is 0.889 bits per heavy atom. The van der Waals surface area contributed by atoms with E-state index in [4.69, 9.17) is 10.1 Å². The molecule has 0 aliphatic carbocycles. The van der Waals surface area contributed by atoms with Gasteiger partial charge in [0.2, 0.25) is 11.8 Å². The molecular weight excluding hydrogens is 684 g/mol. The number of carbonyl (C=O) groups is 2. The van der Waals surface area contributed by atoms with Crippen molar-refractivity contribution in [1.82, 2.24) is 39.6 Å². The van der Waals surface area contributed by atoms with Gasteiger partial charge in [-0.2, -0.15) is 5.10 Å². The molecule has 9 rings (SSSR count). The predicted octanol–water partition coefficient (Wildman–Crippen LogP) is 5.43. The van der Waals surface area contributed by atoms with E-state index in [0.29, 0.717) is 12.8 Å². The summed E-state index contributed by atoms with van der Waals surface area (Å²) in [7, 11) is 1.91. The summed E-state index contributed by atoms with van der Waals surface area (Å²) in [6.07, 6.45) is 6.65. The zero-order valence-electron chi connectivity index (χ0n) is 30.4. The lowest BCUT2D eigenvalue weighted by Gasteiger charge is -2.35. The molecule has 54 heavy (non-hydrogen) atoms. The first-order valence-corrected chi connectivity index (χ1v) is 19.0. The van der Waals surface area contributed by atoms with Gasteiger partial charge >= 0.3 is 0 Å². The zero-order valence-corrected chi connectivity index (χ0v) is 30.4. The monoisotopic (exact) mass is 726 g/mol. The molecule has 4 aromatic heterocycles. The summed E-state index contributed by atoms with van der Waals surface area (Å²) in [5.74, 6) is 0.714. The number of piperidine rings is 1. The molecule has 13 heteroatoms. The molecule has 12 nitrogen and oxygen atoms in total. The maximum Gasteiger partial charge on any atom is 0.235 e. The van der Waals surface area contributed by atoms with Crippen LogP contribution in [-0.4, -0.2) is 85.3 Å². The maximum absolute atomic E-state index is 14.1. The van der Waals surface area contributed by atoms with Crippen molar-refractivity contribution in [2.45, 2.75) is 50.5 Å². The van der Waals surface area contributed by atoms with E-state index in [9.17, 15) is 14.0 Å². The van der Waals surface area contributed by atoms with E-state index >= 15 is 0 Å². The standard InChI is InChI=1S/C41H43FN10O2/c1-48-34-24-27(12-13-30(34)40(47-48)31-14-17-39(53)45-41(31)54)6-4-18-49-20-22-50(23-21-49)37-11-3-9-32(44-37)35-26-43-36-15-16-38(46-52(35)36)51-19-5-10-33(51)28-7-2-8-29(42)25-28/h2-3,7-9,11-13,15-16,24-26,31,33H,4-6,10,14,17-23H2,1H3,(H,45,53,54)/t31?,33-/m1/s1. The summed E-state index contributed by atoms with van der Waals surface area (Å²) in [5.41, 5.74) is 6.41. The van der Waals surface area contributed by atoms with Crippen LogP contribution in [0, 0.1) is 5.82 Å². The minimum atomic E-state index is -0.395. The van der Waals surface area contributed by atoms with Crippen LogP contribution in [0.1, 0.15) is 60.9 Å². The van der Waals surface area contributed by atoms with Gasteiger partial charge in [-0.15, -0.1) is 5.10 Å². The molecule has 3 fully saturated rings. The van der Waals surface area contributed by atoms with Crippen molar-refractivity contribution in [1.29, 1.82) is 0 Å². The highest BCUT2D eigenvalue weighted by Crippen LogP contribution is 2.36. The average Bonchev–Trinajstić information content (AvgIpc) is 3.93. The third-order valence-corrected chi connectivity index (χ3v) is 11.3. The first-order chi connectivity index (χ1) is 26.4. The third kappa shape index (κ3) is 6.57. The second-order valence-electron chi connectivity index (χ2n) is 14.7. The molecule has 2 aromatic carbocycles. The summed E-state index contributed by atoms with van der Waals surface area (Å²) in [5, 5.41) is 13.2. The number of rotatable bonds is 9. The quantitative estimate of drug-likeness (QED) is 0.195. The number of piperazine rings is 1. The molecule has 276 valence electrons. The summed E-state index contributed by atoms with van der Waals surface area (Å²) < 4.78 is 17.8. The average molecular weight is 727 g/mol. The molecule has 0 bridgehead atoms. The van der Waals surface area contributed by atoms with Crippen LogP contribution in [0.4, 0.5) is 16.0 Å². The molecule has 2 amide bonds. The number of imide groups is 1. The highest BCUT2D eigenvalue weighted by Gasteiger charge is 2.32. The fraction of sp³-hybridized carbons (Fsp3) is 0.366. The number of aromatic nitrogens is 6. The van der Waals surface area contributed by atoms with E-state index in [2.05, 4.69) is 60.4 Å². The summed E-state index contributed by atoms with van der Waals surface area (Å²) in [6, 6.07) is 23.5. The molecule has 0 saturated carbocycles. The number of aryl methyl sites for hydroxylation is 2. The van der Waals surface area contributed by atoms with Crippen molar-refractivity contribution < 1.29 is 14.0 Å². The topological polar surface area (TPSA) is 117 Å². The highest BCUT2D eigenvalue weighted by molar-refractivity contribution is 6.02. The van der Waals surface area contributed by atoms with Crippen LogP contribution in [0.5, 0.6) is 0 Å². The van der Waals surface area contributed by atoms with Crippen LogP contribution in [0.15, 0.2) is 79.0 Å². The fourth-order valence-electron chi connectivity index (χ4n) is 8.44. The Kier molecular flexibility index (Phi) is 9.01. The predicted molar refractivity (Wildman–Crippen MR) is 205 cm³/mol. The van der Waals surface area contributed by atoms with Gasteiger partial charge in [0.25, 0.3) is 0 Å². The smallest absolute Gasteiger partial charge is 0.235 e.